The second-order valence-electron chi connectivity index (χ2n) is 12.5. The number of fused-ring (bicyclic) bond motifs is 2. The molecule has 3 heterocycles. The first kappa shape index (κ1) is 36.3. The minimum absolute atomic E-state index is 0.0883. The SMILES string of the molecule is O=c1cc(-c2ccccc2)oc2cc(OCCCCc3cn(CCOCCOCCOc4ccc(-c5cc(=O)c6cc(F)ccc6o5)cc4)nn3)ccc12. The number of aromatic nitrogens is 3. The summed E-state index contributed by atoms with van der Waals surface area (Å²) in [5.41, 5.74) is 2.90. The molecule has 0 N–H and O–H groups in total. The lowest BCUT2D eigenvalue weighted by atomic mass is 10.1. The number of aryl methyl sites for hydroxylation is 1. The van der Waals surface area contributed by atoms with Crippen molar-refractivity contribution in [1.29, 1.82) is 0 Å². The highest BCUT2D eigenvalue weighted by Gasteiger charge is 2.10. The van der Waals surface area contributed by atoms with E-state index in [1.165, 1.54) is 30.3 Å². The zero-order chi connectivity index (χ0) is 37.1. The van der Waals surface area contributed by atoms with Crippen LogP contribution in [0.2, 0.25) is 0 Å². The number of hydrogen-bond acceptors (Lipinski definition) is 10. The lowest BCUT2D eigenvalue weighted by Crippen LogP contribution is -2.13. The second kappa shape index (κ2) is 17.6. The summed E-state index contributed by atoms with van der Waals surface area (Å²) in [7, 11) is 0. The Morgan fingerprint density at radius 3 is 2.11 bits per heavy atom. The Hall–Kier alpha value is -6.11. The summed E-state index contributed by atoms with van der Waals surface area (Å²) in [5.74, 6) is 1.75. The van der Waals surface area contributed by atoms with Crippen molar-refractivity contribution in [2.24, 2.45) is 0 Å². The highest BCUT2D eigenvalue weighted by atomic mass is 19.1. The number of ether oxygens (including phenoxy) is 4. The summed E-state index contributed by atoms with van der Waals surface area (Å²) in [4.78, 5) is 25.0. The lowest BCUT2D eigenvalue weighted by molar-refractivity contribution is 0.0333. The van der Waals surface area contributed by atoms with Crippen LogP contribution in [0.1, 0.15) is 18.5 Å². The fraction of sp³-hybridized carbons (Fsp3) is 0.238. The summed E-state index contributed by atoms with van der Waals surface area (Å²) < 4.78 is 50.1. The molecule has 0 atom stereocenters. The third kappa shape index (κ3) is 9.46. The van der Waals surface area contributed by atoms with Crippen LogP contribution in [0.25, 0.3) is 44.6 Å². The molecule has 0 saturated heterocycles. The van der Waals surface area contributed by atoms with Gasteiger partial charge in [0.15, 0.2) is 10.9 Å². The molecule has 7 aromatic rings. The van der Waals surface area contributed by atoms with E-state index in [2.05, 4.69) is 10.3 Å². The van der Waals surface area contributed by atoms with Gasteiger partial charge in [0.1, 0.15) is 46.6 Å². The molecule has 0 aliphatic rings. The van der Waals surface area contributed by atoms with E-state index < -0.39 is 5.82 Å². The minimum Gasteiger partial charge on any atom is -0.493 e. The number of rotatable bonds is 18. The van der Waals surface area contributed by atoms with Crippen LogP contribution in [0.3, 0.4) is 0 Å². The highest BCUT2D eigenvalue weighted by Crippen LogP contribution is 2.26. The van der Waals surface area contributed by atoms with Crippen molar-refractivity contribution in [3.05, 3.63) is 141 Å². The van der Waals surface area contributed by atoms with Gasteiger partial charge in [0.25, 0.3) is 0 Å². The molecule has 0 fully saturated rings. The largest absolute Gasteiger partial charge is 0.493 e. The molecule has 0 unspecified atom stereocenters. The van der Waals surface area contributed by atoms with E-state index in [1.54, 1.807) is 47.1 Å². The average molecular weight is 732 g/mol. The quantitative estimate of drug-likeness (QED) is 0.0820. The first-order valence-electron chi connectivity index (χ1n) is 17.8. The molecule has 4 aromatic carbocycles. The van der Waals surface area contributed by atoms with E-state index in [0.717, 1.165) is 30.5 Å². The average Bonchev–Trinajstić information content (AvgIpc) is 3.65. The summed E-state index contributed by atoms with van der Waals surface area (Å²) in [6.45, 7) is 3.22. The third-order valence-electron chi connectivity index (χ3n) is 8.60. The Morgan fingerprint density at radius 2 is 1.30 bits per heavy atom. The van der Waals surface area contributed by atoms with Crippen molar-refractivity contribution < 1.29 is 32.2 Å². The van der Waals surface area contributed by atoms with Crippen molar-refractivity contribution in [2.45, 2.75) is 25.8 Å². The van der Waals surface area contributed by atoms with Gasteiger partial charge >= 0.3 is 0 Å². The summed E-state index contributed by atoms with van der Waals surface area (Å²) in [5, 5.41) is 9.19. The Kier molecular flexibility index (Phi) is 11.8. The van der Waals surface area contributed by atoms with E-state index in [1.807, 2.05) is 36.5 Å². The van der Waals surface area contributed by atoms with Gasteiger partial charge in [-0.15, -0.1) is 5.10 Å². The summed E-state index contributed by atoms with van der Waals surface area (Å²) in [6.07, 6.45) is 4.43. The van der Waals surface area contributed by atoms with Crippen molar-refractivity contribution in [1.82, 2.24) is 15.0 Å². The maximum atomic E-state index is 13.5. The van der Waals surface area contributed by atoms with E-state index >= 15 is 0 Å². The Bertz CT molecular complexity index is 2430. The molecule has 7 rings (SSSR count). The molecule has 0 spiro atoms. The second-order valence-corrected chi connectivity index (χ2v) is 12.5. The van der Waals surface area contributed by atoms with Crippen LogP contribution < -0.4 is 20.3 Å². The smallest absolute Gasteiger partial charge is 0.193 e. The summed E-state index contributed by atoms with van der Waals surface area (Å²) >= 11 is 0. The van der Waals surface area contributed by atoms with E-state index in [4.69, 9.17) is 27.8 Å². The molecule has 3 aromatic heterocycles. The van der Waals surface area contributed by atoms with Gasteiger partial charge in [0.2, 0.25) is 0 Å². The van der Waals surface area contributed by atoms with Crippen LogP contribution in [0.4, 0.5) is 4.39 Å². The monoisotopic (exact) mass is 731 g/mol. The van der Waals surface area contributed by atoms with Crippen LogP contribution in [0.15, 0.2) is 128 Å². The van der Waals surface area contributed by atoms with Gasteiger partial charge in [-0.25, -0.2) is 9.07 Å². The van der Waals surface area contributed by atoms with Crippen LogP contribution in [-0.2, 0) is 22.4 Å². The molecular weight excluding hydrogens is 693 g/mol. The van der Waals surface area contributed by atoms with Gasteiger partial charge in [-0.2, -0.15) is 0 Å². The first-order chi connectivity index (χ1) is 26.5. The van der Waals surface area contributed by atoms with E-state index in [-0.39, 0.29) is 16.2 Å². The number of nitrogens with zero attached hydrogens (tertiary/aromatic N) is 3. The van der Waals surface area contributed by atoms with Crippen LogP contribution in [0.5, 0.6) is 11.5 Å². The number of hydrogen-bond donors (Lipinski definition) is 0. The van der Waals surface area contributed by atoms with Gasteiger partial charge in [0, 0.05) is 35.5 Å². The number of halogens is 1. The van der Waals surface area contributed by atoms with E-state index in [9.17, 15) is 14.0 Å². The van der Waals surface area contributed by atoms with Crippen molar-refractivity contribution in [2.75, 3.05) is 39.6 Å². The zero-order valence-electron chi connectivity index (χ0n) is 29.4. The molecule has 0 bridgehead atoms. The molecule has 0 radical (unpaired) electrons. The number of benzene rings is 4. The normalized spacial score (nSPS) is 11.4. The molecule has 54 heavy (non-hydrogen) atoms. The molecular formula is C42H38FN3O8. The van der Waals surface area contributed by atoms with Crippen molar-refractivity contribution >= 4 is 21.9 Å². The Morgan fingerprint density at radius 1 is 0.611 bits per heavy atom. The molecule has 276 valence electrons. The number of unbranched alkanes of at least 4 members (excludes halogenated alkanes) is 1. The van der Waals surface area contributed by atoms with Gasteiger partial charge < -0.3 is 27.8 Å². The van der Waals surface area contributed by atoms with Gasteiger partial charge in [-0.3, -0.25) is 9.59 Å². The van der Waals surface area contributed by atoms with Gasteiger partial charge in [-0.05, 0) is 73.9 Å². The minimum atomic E-state index is -0.484. The van der Waals surface area contributed by atoms with Crippen molar-refractivity contribution in [3.63, 3.8) is 0 Å². The fourth-order valence-corrected chi connectivity index (χ4v) is 5.82. The molecule has 0 aliphatic heterocycles. The topological polar surface area (TPSA) is 128 Å². The highest BCUT2D eigenvalue weighted by molar-refractivity contribution is 5.80. The third-order valence-corrected chi connectivity index (χ3v) is 8.60. The summed E-state index contributed by atoms with van der Waals surface area (Å²) in [6, 6.07) is 28.8. The Balaban J connectivity index is 0.737. The molecule has 0 saturated carbocycles. The van der Waals surface area contributed by atoms with Gasteiger partial charge in [-0.1, -0.05) is 35.5 Å². The van der Waals surface area contributed by atoms with Crippen molar-refractivity contribution in [3.8, 4) is 34.1 Å². The predicted molar refractivity (Wildman–Crippen MR) is 201 cm³/mol. The maximum absolute atomic E-state index is 13.5. The molecule has 12 heteroatoms. The first-order valence-corrected chi connectivity index (χ1v) is 17.8. The lowest BCUT2D eigenvalue weighted by Gasteiger charge is -2.09. The van der Waals surface area contributed by atoms with Crippen LogP contribution in [0, 0.1) is 5.82 Å². The van der Waals surface area contributed by atoms with Gasteiger partial charge in [0.05, 0.1) is 56.0 Å². The molecule has 11 nitrogen and oxygen atoms in total. The standard InChI is InChI=1S/C42H38FN3O8/c43-31-11-16-39-36(24-31)38(48)27-41(53-39)30-9-12-33(13-10-30)52-23-22-50-21-20-49-19-17-46-28-32(44-45-46)8-4-5-18-51-34-14-15-35-37(47)26-40(54-42(35)25-34)29-6-2-1-3-7-29/h1-3,6-7,9-16,24-28H,4-5,8,17-23H2. The van der Waals surface area contributed by atoms with Crippen LogP contribution >= 0.6 is 0 Å². The predicted octanol–water partition coefficient (Wildman–Crippen LogP) is 7.48. The molecule has 0 amide bonds. The van der Waals surface area contributed by atoms with E-state index in [0.29, 0.717) is 91.3 Å². The Labute approximate surface area is 309 Å². The molecule has 0 aliphatic carbocycles. The zero-order valence-corrected chi connectivity index (χ0v) is 29.4. The maximum Gasteiger partial charge on any atom is 0.193 e. The van der Waals surface area contributed by atoms with Crippen LogP contribution in [-0.4, -0.2) is 54.6 Å². The fourth-order valence-electron chi connectivity index (χ4n) is 5.82.